The van der Waals surface area contributed by atoms with Crippen LogP contribution < -0.4 is 5.32 Å². The standard InChI is InChI=1S/C12H15NO/c1-12(2)8-10(13-11(12)14)9-6-4-3-5-7-9/h3-7,10H,8H2,1-2H3,(H,13,14)/t10-/m0/s1. The number of hydrogen-bond acceptors (Lipinski definition) is 1. The molecule has 0 aromatic heterocycles. The summed E-state index contributed by atoms with van der Waals surface area (Å²) >= 11 is 0. The zero-order valence-corrected chi connectivity index (χ0v) is 8.58. The van der Waals surface area contributed by atoms with Crippen molar-refractivity contribution in [3.05, 3.63) is 35.9 Å². The van der Waals surface area contributed by atoms with Gasteiger partial charge in [0.05, 0.1) is 6.04 Å². The van der Waals surface area contributed by atoms with Crippen LogP contribution in [0, 0.1) is 5.41 Å². The van der Waals surface area contributed by atoms with Crippen molar-refractivity contribution in [2.24, 2.45) is 5.41 Å². The summed E-state index contributed by atoms with van der Waals surface area (Å²) in [5.74, 6) is 0.159. The Morgan fingerprint density at radius 3 is 2.43 bits per heavy atom. The van der Waals surface area contributed by atoms with Crippen LogP contribution in [0.25, 0.3) is 0 Å². The van der Waals surface area contributed by atoms with Gasteiger partial charge in [-0.05, 0) is 12.0 Å². The smallest absolute Gasteiger partial charge is 0.226 e. The first-order valence-electron chi connectivity index (χ1n) is 4.95. The highest BCUT2D eigenvalue weighted by Gasteiger charge is 2.39. The van der Waals surface area contributed by atoms with Crippen LogP contribution in [0.3, 0.4) is 0 Å². The Bertz CT molecular complexity index is 343. The summed E-state index contributed by atoms with van der Waals surface area (Å²) in [7, 11) is 0. The maximum Gasteiger partial charge on any atom is 0.226 e. The van der Waals surface area contributed by atoms with E-state index in [9.17, 15) is 4.79 Å². The quantitative estimate of drug-likeness (QED) is 0.721. The summed E-state index contributed by atoms with van der Waals surface area (Å²) in [6, 6.07) is 10.3. The fourth-order valence-electron chi connectivity index (χ4n) is 1.89. The molecule has 0 saturated carbocycles. The Morgan fingerprint density at radius 2 is 1.93 bits per heavy atom. The summed E-state index contributed by atoms with van der Waals surface area (Å²) in [5, 5.41) is 3.02. The first kappa shape index (κ1) is 9.25. The van der Waals surface area contributed by atoms with Crippen LogP contribution in [0.1, 0.15) is 31.9 Å². The first-order chi connectivity index (χ1) is 6.59. The summed E-state index contributed by atoms with van der Waals surface area (Å²) < 4.78 is 0. The van der Waals surface area contributed by atoms with E-state index in [2.05, 4.69) is 17.4 Å². The lowest BCUT2D eigenvalue weighted by Gasteiger charge is -2.12. The molecule has 1 aliphatic heterocycles. The van der Waals surface area contributed by atoms with Gasteiger partial charge in [0.15, 0.2) is 0 Å². The molecule has 1 heterocycles. The molecule has 1 saturated heterocycles. The Morgan fingerprint density at radius 1 is 1.29 bits per heavy atom. The van der Waals surface area contributed by atoms with Gasteiger partial charge >= 0.3 is 0 Å². The van der Waals surface area contributed by atoms with Gasteiger partial charge in [0.2, 0.25) is 5.91 Å². The van der Waals surface area contributed by atoms with E-state index in [0.29, 0.717) is 0 Å². The summed E-state index contributed by atoms with van der Waals surface area (Å²) in [4.78, 5) is 11.6. The maximum absolute atomic E-state index is 11.6. The molecule has 0 spiro atoms. The van der Waals surface area contributed by atoms with Crippen molar-refractivity contribution in [2.75, 3.05) is 0 Å². The van der Waals surface area contributed by atoms with Gasteiger partial charge in [-0.1, -0.05) is 44.2 Å². The van der Waals surface area contributed by atoms with Crippen LogP contribution in [-0.2, 0) is 4.79 Å². The zero-order chi connectivity index (χ0) is 10.2. The molecule has 1 amide bonds. The molecular formula is C12H15NO. The number of benzene rings is 1. The fraction of sp³-hybridized carbons (Fsp3) is 0.417. The van der Waals surface area contributed by atoms with E-state index < -0.39 is 0 Å². The lowest BCUT2D eigenvalue weighted by molar-refractivity contribution is -0.126. The molecule has 0 radical (unpaired) electrons. The van der Waals surface area contributed by atoms with Gasteiger partial charge < -0.3 is 5.32 Å². The minimum atomic E-state index is -0.222. The average molecular weight is 189 g/mol. The molecule has 1 aromatic rings. The molecule has 74 valence electrons. The van der Waals surface area contributed by atoms with Crippen molar-refractivity contribution in [1.82, 2.24) is 5.32 Å². The second kappa shape index (κ2) is 3.12. The van der Waals surface area contributed by atoms with E-state index in [0.717, 1.165) is 6.42 Å². The molecule has 2 heteroatoms. The van der Waals surface area contributed by atoms with E-state index in [-0.39, 0.29) is 17.4 Å². The van der Waals surface area contributed by atoms with Gasteiger partial charge in [-0.25, -0.2) is 0 Å². The van der Waals surface area contributed by atoms with Gasteiger partial charge in [0.1, 0.15) is 0 Å². The van der Waals surface area contributed by atoms with Crippen molar-refractivity contribution in [1.29, 1.82) is 0 Å². The predicted octanol–water partition coefficient (Wildman–Crippen LogP) is 2.27. The van der Waals surface area contributed by atoms with Crippen molar-refractivity contribution >= 4 is 5.91 Å². The third kappa shape index (κ3) is 1.52. The molecule has 1 aromatic carbocycles. The number of amides is 1. The topological polar surface area (TPSA) is 29.1 Å². The van der Waals surface area contributed by atoms with Crippen molar-refractivity contribution in [3.63, 3.8) is 0 Å². The van der Waals surface area contributed by atoms with Crippen LogP contribution in [0.15, 0.2) is 30.3 Å². The molecular weight excluding hydrogens is 174 g/mol. The van der Waals surface area contributed by atoms with Gasteiger partial charge in [-0.3, -0.25) is 4.79 Å². The molecule has 0 aliphatic carbocycles. The van der Waals surface area contributed by atoms with Crippen molar-refractivity contribution < 1.29 is 4.79 Å². The summed E-state index contributed by atoms with van der Waals surface area (Å²) in [5.41, 5.74) is 0.979. The molecule has 1 fully saturated rings. The highest BCUT2D eigenvalue weighted by molar-refractivity contribution is 5.84. The van der Waals surface area contributed by atoms with E-state index >= 15 is 0 Å². The SMILES string of the molecule is CC1(C)C[C@@H](c2ccccc2)NC1=O. The van der Waals surface area contributed by atoms with E-state index in [4.69, 9.17) is 0 Å². The third-order valence-corrected chi connectivity index (χ3v) is 2.84. The largest absolute Gasteiger partial charge is 0.349 e. The molecule has 2 rings (SSSR count). The van der Waals surface area contributed by atoms with Gasteiger partial charge in [0, 0.05) is 5.41 Å². The van der Waals surface area contributed by atoms with Gasteiger partial charge in [-0.2, -0.15) is 0 Å². The number of carbonyl (C=O) groups excluding carboxylic acids is 1. The molecule has 0 bridgehead atoms. The number of nitrogens with one attached hydrogen (secondary N) is 1. The normalized spacial score (nSPS) is 24.7. The van der Waals surface area contributed by atoms with Gasteiger partial charge in [0.25, 0.3) is 0 Å². The second-order valence-electron chi connectivity index (χ2n) is 4.52. The molecule has 1 N–H and O–H groups in total. The lowest BCUT2D eigenvalue weighted by atomic mass is 9.88. The van der Waals surface area contributed by atoms with Crippen molar-refractivity contribution in [2.45, 2.75) is 26.3 Å². The van der Waals surface area contributed by atoms with Crippen LogP contribution in [0.2, 0.25) is 0 Å². The molecule has 0 unspecified atom stereocenters. The highest BCUT2D eigenvalue weighted by atomic mass is 16.2. The van der Waals surface area contributed by atoms with Gasteiger partial charge in [-0.15, -0.1) is 0 Å². The Kier molecular flexibility index (Phi) is 2.06. The van der Waals surface area contributed by atoms with Crippen LogP contribution in [0.4, 0.5) is 0 Å². The predicted molar refractivity (Wildman–Crippen MR) is 55.7 cm³/mol. The summed E-state index contributed by atoms with van der Waals surface area (Å²) in [6.45, 7) is 3.98. The average Bonchev–Trinajstić information content (AvgIpc) is 2.43. The Balaban J connectivity index is 2.21. The lowest BCUT2D eigenvalue weighted by Crippen LogP contribution is -2.25. The van der Waals surface area contributed by atoms with E-state index in [1.165, 1.54) is 5.56 Å². The Hall–Kier alpha value is -1.31. The Labute approximate surface area is 84.3 Å². The van der Waals surface area contributed by atoms with E-state index in [1.54, 1.807) is 0 Å². The van der Waals surface area contributed by atoms with Crippen molar-refractivity contribution in [3.8, 4) is 0 Å². The fourth-order valence-corrected chi connectivity index (χ4v) is 1.89. The molecule has 2 nitrogen and oxygen atoms in total. The monoisotopic (exact) mass is 189 g/mol. The zero-order valence-electron chi connectivity index (χ0n) is 8.58. The third-order valence-electron chi connectivity index (χ3n) is 2.84. The summed E-state index contributed by atoms with van der Waals surface area (Å²) in [6.07, 6.45) is 0.885. The van der Waals surface area contributed by atoms with Crippen LogP contribution in [-0.4, -0.2) is 5.91 Å². The minimum absolute atomic E-state index is 0.159. The molecule has 1 aliphatic rings. The maximum atomic E-state index is 11.6. The minimum Gasteiger partial charge on any atom is -0.349 e. The van der Waals surface area contributed by atoms with E-state index in [1.807, 2.05) is 32.0 Å². The molecule has 14 heavy (non-hydrogen) atoms. The first-order valence-corrected chi connectivity index (χ1v) is 4.95. The van der Waals surface area contributed by atoms with Crippen LogP contribution >= 0.6 is 0 Å². The number of hydrogen-bond donors (Lipinski definition) is 1. The number of carbonyl (C=O) groups is 1. The number of rotatable bonds is 1. The highest BCUT2D eigenvalue weighted by Crippen LogP contribution is 2.36. The second-order valence-corrected chi connectivity index (χ2v) is 4.52. The van der Waals surface area contributed by atoms with Crippen LogP contribution in [0.5, 0.6) is 0 Å². The molecule has 1 atom stereocenters.